The number of hydrogen-bond acceptors (Lipinski definition) is 5. The number of allylic oxidation sites excluding steroid dienone is 1. The molecule has 0 fully saturated rings. The van der Waals surface area contributed by atoms with Crippen molar-refractivity contribution in [2.24, 2.45) is 0 Å². The van der Waals surface area contributed by atoms with Crippen molar-refractivity contribution in [2.45, 2.75) is 6.92 Å². The van der Waals surface area contributed by atoms with Crippen LogP contribution in [0.4, 0.5) is 0 Å². The van der Waals surface area contributed by atoms with Gasteiger partial charge in [-0.1, -0.05) is 6.58 Å². The lowest BCUT2D eigenvalue weighted by Gasteiger charge is -2.23. The summed E-state index contributed by atoms with van der Waals surface area (Å²) in [4.78, 5) is 8.00. The van der Waals surface area contributed by atoms with E-state index < -0.39 is 8.80 Å². The third kappa shape index (κ3) is 5.87. The lowest BCUT2D eigenvalue weighted by atomic mass is 10.7. The molecule has 0 saturated heterocycles. The van der Waals surface area contributed by atoms with Crippen molar-refractivity contribution < 1.29 is 22.8 Å². The summed E-state index contributed by atoms with van der Waals surface area (Å²) in [6.45, 7) is 7.36. The molecule has 0 aromatic heterocycles. The van der Waals surface area contributed by atoms with Crippen molar-refractivity contribution in [2.75, 3.05) is 27.6 Å². The molecular formula is C8H18O5Si. The molecule has 0 heterocycles. The molecule has 0 N–H and O–H groups in total. The highest BCUT2D eigenvalue weighted by Gasteiger charge is 2.39. The van der Waals surface area contributed by atoms with E-state index in [-0.39, 0.29) is 0 Å². The van der Waals surface area contributed by atoms with Gasteiger partial charge in [-0.25, -0.2) is 0 Å². The van der Waals surface area contributed by atoms with E-state index in [2.05, 4.69) is 6.58 Å². The van der Waals surface area contributed by atoms with Gasteiger partial charge in [-0.3, -0.25) is 0 Å². The Hall–Kier alpha value is -0.693. The lowest BCUT2D eigenvalue weighted by Crippen LogP contribution is -2.47. The van der Waals surface area contributed by atoms with Gasteiger partial charge in [0.2, 0.25) is 0 Å². The predicted octanol–water partition coefficient (Wildman–Crippen LogP) is 0.769. The molecule has 0 aliphatic carbocycles. The molecule has 0 unspecified atom stereocenters. The maximum atomic E-state index is 8.00. The number of ether oxygens (including phenoxy) is 1. The number of hydrogen-bond donors (Lipinski definition) is 0. The SMILES string of the molecule is C=C(C)OC[Si](OC)(OC)OC.C=O. The van der Waals surface area contributed by atoms with Crippen LogP contribution in [-0.4, -0.2) is 43.2 Å². The Morgan fingerprint density at radius 3 is 1.71 bits per heavy atom. The van der Waals surface area contributed by atoms with Gasteiger partial charge in [0.05, 0.1) is 5.76 Å². The van der Waals surface area contributed by atoms with Crippen LogP contribution < -0.4 is 0 Å². The summed E-state index contributed by atoms with van der Waals surface area (Å²) in [5.41, 5.74) is 0. The third-order valence-corrected chi connectivity index (χ3v) is 3.79. The maximum absolute atomic E-state index is 8.00. The van der Waals surface area contributed by atoms with Crippen molar-refractivity contribution in [1.29, 1.82) is 0 Å². The van der Waals surface area contributed by atoms with Crippen molar-refractivity contribution in [3.8, 4) is 0 Å². The van der Waals surface area contributed by atoms with E-state index in [1.807, 2.05) is 6.79 Å². The molecule has 0 bridgehead atoms. The van der Waals surface area contributed by atoms with Crippen LogP contribution in [0.5, 0.6) is 0 Å². The second kappa shape index (κ2) is 8.89. The van der Waals surface area contributed by atoms with Crippen molar-refractivity contribution in [3.05, 3.63) is 12.3 Å². The fourth-order valence-corrected chi connectivity index (χ4v) is 1.92. The molecule has 0 aliphatic heterocycles. The van der Waals surface area contributed by atoms with E-state index in [1.54, 1.807) is 28.3 Å². The quantitative estimate of drug-likeness (QED) is 0.491. The monoisotopic (exact) mass is 222 g/mol. The maximum Gasteiger partial charge on any atom is 0.539 e. The van der Waals surface area contributed by atoms with Gasteiger partial charge in [0.15, 0.2) is 6.23 Å². The van der Waals surface area contributed by atoms with Crippen LogP contribution >= 0.6 is 0 Å². The Morgan fingerprint density at radius 1 is 1.14 bits per heavy atom. The zero-order valence-electron chi connectivity index (χ0n) is 9.16. The Morgan fingerprint density at radius 2 is 1.50 bits per heavy atom. The van der Waals surface area contributed by atoms with Gasteiger partial charge in [0.25, 0.3) is 0 Å². The molecule has 14 heavy (non-hydrogen) atoms. The van der Waals surface area contributed by atoms with Crippen molar-refractivity contribution in [3.63, 3.8) is 0 Å². The molecule has 0 rings (SSSR count). The molecular weight excluding hydrogens is 204 g/mol. The van der Waals surface area contributed by atoms with E-state index in [0.29, 0.717) is 12.0 Å². The summed E-state index contributed by atoms with van der Waals surface area (Å²) in [6, 6.07) is 0. The van der Waals surface area contributed by atoms with Crippen LogP contribution in [0, 0.1) is 0 Å². The second-order valence-electron chi connectivity index (χ2n) is 2.29. The molecule has 6 heteroatoms. The fourth-order valence-electron chi connectivity index (χ4n) is 0.638. The minimum Gasteiger partial charge on any atom is -0.494 e. The Kier molecular flexibility index (Phi) is 10.0. The van der Waals surface area contributed by atoms with Gasteiger partial charge in [-0.2, -0.15) is 0 Å². The van der Waals surface area contributed by atoms with Gasteiger partial charge in [-0.15, -0.1) is 0 Å². The predicted molar refractivity (Wildman–Crippen MR) is 54.7 cm³/mol. The highest BCUT2D eigenvalue weighted by atomic mass is 28.4. The zero-order valence-corrected chi connectivity index (χ0v) is 10.2. The van der Waals surface area contributed by atoms with Gasteiger partial charge < -0.3 is 22.8 Å². The average molecular weight is 222 g/mol. The minimum absolute atomic E-state index is 0.297. The van der Waals surface area contributed by atoms with Crippen LogP contribution in [-0.2, 0) is 22.8 Å². The molecule has 84 valence electrons. The molecule has 0 spiro atoms. The standard InChI is InChI=1S/C7H16O4Si.CH2O/c1-7(2)11-6-12(8-3,9-4)10-5;1-2/h1,6H2,2-5H3;1H2. The van der Waals surface area contributed by atoms with Gasteiger partial charge in [-0.05, 0) is 6.92 Å². The molecule has 5 nitrogen and oxygen atoms in total. The van der Waals surface area contributed by atoms with Crippen LogP contribution in [0.2, 0.25) is 0 Å². The summed E-state index contributed by atoms with van der Waals surface area (Å²) in [7, 11) is 2.06. The molecule has 0 radical (unpaired) electrons. The first-order valence-corrected chi connectivity index (χ1v) is 5.76. The number of carbonyl (C=O) groups is 1. The number of rotatable bonds is 6. The minimum atomic E-state index is -2.56. The Bertz CT molecular complexity index is 150. The van der Waals surface area contributed by atoms with Gasteiger partial charge in [0.1, 0.15) is 6.79 Å². The zero-order chi connectivity index (χ0) is 11.6. The first-order valence-electron chi connectivity index (χ1n) is 3.83. The largest absolute Gasteiger partial charge is 0.539 e. The van der Waals surface area contributed by atoms with Crippen LogP contribution in [0.25, 0.3) is 0 Å². The third-order valence-electron chi connectivity index (χ3n) is 1.43. The summed E-state index contributed by atoms with van der Waals surface area (Å²) in [5, 5.41) is 0. The second-order valence-corrected chi connectivity index (χ2v) is 5.17. The molecule has 0 saturated carbocycles. The lowest BCUT2D eigenvalue weighted by molar-refractivity contribution is -0.0979. The van der Waals surface area contributed by atoms with E-state index >= 15 is 0 Å². The number of carbonyl (C=O) groups excluding carboxylic acids is 1. The highest BCUT2D eigenvalue weighted by Crippen LogP contribution is 2.07. The summed E-state index contributed by atoms with van der Waals surface area (Å²) in [5.74, 6) is 0.623. The summed E-state index contributed by atoms with van der Waals surface area (Å²) in [6.07, 6.45) is 0.297. The first kappa shape index (κ1) is 15.8. The highest BCUT2D eigenvalue weighted by molar-refractivity contribution is 6.60. The molecule has 0 aliphatic rings. The van der Waals surface area contributed by atoms with Crippen LogP contribution in [0.1, 0.15) is 6.92 Å². The van der Waals surface area contributed by atoms with Gasteiger partial charge in [0, 0.05) is 21.3 Å². The van der Waals surface area contributed by atoms with Crippen molar-refractivity contribution >= 4 is 15.6 Å². The summed E-state index contributed by atoms with van der Waals surface area (Å²) < 4.78 is 20.5. The molecule has 0 amide bonds. The van der Waals surface area contributed by atoms with E-state index in [1.165, 1.54) is 0 Å². The van der Waals surface area contributed by atoms with Crippen molar-refractivity contribution in [1.82, 2.24) is 0 Å². The Balaban J connectivity index is 0. The van der Waals surface area contributed by atoms with Crippen LogP contribution in [0.15, 0.2) is 12.3 Å². The average Bonchev–Trinajstić information content (AvgIpc) is 2.23. The Labute approximate surface area is 86.0 Å². The smallest absolute Gasteiger partial charge is 0.494 e. The first-order chi connectivity index (χ1) is 6.60. The van der Waals surface area contributed by atoms with Gasteiger partial charge >= 0.3 is 8.80 Å². The molecule has 0 aromatic carbocycles. The topological polar surface area (TPSA) is 54.0 Å². The summed E-state index contributed by atoms with van der Waals surface area (Å²) >= 11 is 0. The molecule has 0 atom stereocenters. The molecule has 0 aromatic rings. The van der Waals surface area contributed by atoms with E-state index in [9.17, 15) is 0 Å². The fraction of sp³-hybridized carbons (Fsp3) is 0.625. The van der Waals surface area contributed by atoms with E-state index in [4.69, 9.17) is 22.8 Å². The van der Waals surface area contributed by atoms with Crippen LogP contribution in [0.3, 0.4) is 0 Å². The van der Waals surface area contributed by atoms with E-state index in [0.717, 1.165) is 0 Å². The normalized spacial score (nSPS) is 10.0.